The molecule has 1 fully saturated rings. The molecule has 10 heteroatoms. The van der Waals surface area contributed by atoms with E-state index in [-0.39, 0.29) is 46.3 Å². The Bertz CT molecular complexity index is 1260. The molecule has 2 heterocycles. The second kappa shape index (κ2) is 11.1. The minimum Gasteiger partial charge on any atom is -0.487 e. The van der Waals surface area contributed by atoms with Gasteiger partial charge in [0, 0.05) is 60.8 Å². The highest BCUT2D eigenvalue weighted by molar-refractivity contribution is 9.10. The van der Waals surface area contributed by atoms with Crippen molar-refractivity contribution in [1.82, 2.24) is 14.8 Å². The summed E-state index contributed by atoms with van der Waals surface area (Å²) in [6, 6.07) is 11.8. The lowest BCUT2D eigenvalue weighted by Gasteiger charge is -2.27. The smallest absolute Gasteiger partial charge is 0.273 e. The monoisotopic (exact) mass is 553 g/mol. The van der Waals surface area contributed by atoms with Crippen molar-refractivity contribution in [2.75, 3.05) is 26.2 Å². The fourth-order valence-corrected chi connectivity index (χ4v) is 4.14. The van der Waals surface area contributed by atoms with Crippen LogP contribution in [0.15, 0.2) is 57.8 Å². The van der Waals surface area contributed by atoms with E-state index < -0.39 is 11.6 Å². The van der Waals surface area contributed by atoms with E-state index in [0.717, 1.165) is 25.2 Å². The number of halogens is 4. The Morgan fingerprint density at radius 1 is 1.12 bits per heavy atom. The topological polar surface area (TPSA) is 63.6 Å². The number of hydrogen-bond acceptors (Lipinski definition) is 4. The van der Waals surface area contributed by atoms with Gasteiger partial charge in [0.05, 0.1) is 0 Å². The molecule has 1 aromatic heterocycles. The van der Waals surface area contributed by atoms with Crippen LogP contribution in [0.4, 0.5) is 8.78 Å². The van der Waals surface area contributed by atoms with E-state index in [1.807, 2.05) is 0 Å². The number of carbonyl (C=O) groups is 1. The number of ether oxygens (including phenoxy) is 1. The number of hydrogen-bond donors (Lipinski definition) is 1. The van der Waals surface area contributed by atoms with Crippen LogP contribution in [0.3, 0.4) is 0 Å². The van der Waals surface area contributed by atoms with Gasteiger partial charge in [0.15, 0.2) is 0 Å². The SMILES string of the molecule is Cc1cc(OCc2ccc(F)cc2F)c(Br)c(=O)n1-c1cccc(C(=O)N2CCNCC2)c1.Cl. The van der Waals surface area contributed by atoms with Crippen LogP contribution >= 0.6 is 28.3 Å². The van der Waals surface area contributed by atoms with E-state index >= 15 is 0 Å². The Labute approximate surface area is 210 Å². The first-order valence-electron chi connectivity index (χ1n) is 10.4. The van der Waals surface area contributed by atoms with Crippen LogP contribution in [0, 0.1) is 18.6 Å². The highest BCUT2D eigenvalue weighted by atomic mass is 79.9. The molecule has 0 spiro atoms. The van der Waals surface area contributed by atoms with Gasteiger partial charge in [-0.2, -0.15) is 0 Å². The molecule has 0 atom stereocenters. The molecule has 6 nitrogen and oxygen atoms in total. The van der Waals surface area contributed by atoms with Crippen LogP contribution in [0.5, 0.6) is 5.75 Å². The van der Waals surface area contributed by atoms with E-state index in [2.05, 4.69) is 21.2 Å². The maximum Gasteiger partial charge on any atom is 0.273 e. The van der Waals surface area contributed by atoms with Crippen molar-refractivity contribution in [1.29, 1.82) is 0 Å². The van der Waals surface area contributed by atoms with Gasteiger partial charge in [0.25, 0.3) is 11.5 Å². The number of nitrogens with one attached hydrogen (secondary N) is 1. The number of piperazine rings is 1. The quantitative estimate of drug-likeness (QED) is 0.513. The van der Waals surface area contributed by atoms with Gasteiger partial charge in [-0.05, 0) is 53.2 Å². The molecule has 1 amide bonds. The third kappa shape index (κ3) is 5.48. The van der Waals surface area contributed by atoms with E-state index in [9.17, 15) is 18.4 Å². The van der Waals surface area contributed by atoms with Crippen molar-refractivity contribution in [3.05, 3.63) is 91.8 Å². The third-order valence-corrected chi connectivity index (χ3v) is 6.18. The maximum atomic E-state index is 13.9. The van der Waals surface area contributed by atoms with Crippen LogP contribution in [0.25, 0.3) is 5.69 Å². The number of carbonyl (C=O) groups excluding carboxylic acids is 1. The van der Waals surface area contributed by atoms with Crippen LogP contribution < -0.4 is 15.6 Å². The Kier molecular flexibility index (Phi) is 8.46. The number of aryl methyl sites for hydroxylation is 1. The third-order valence-electron chi connectivity index (χ3n) is 5.45. The molecule has 0 radical (unpaired) electrons. The van der Waals surface area contributed by atoms with E-state index in [1.54, 1.807) is 42.2 Å². The van der Waals surface area contributed by atoms with Gasteiger partial charge >= 0.3 is 0 Å². The number of pyridine rings is 1. The van der Waals surface area contributed by atoms with Gasteiger partial charge in [-0.1, -0.05) is 6.07 Å². The van der Waals surface area contributed by atoms with Crippen molar-refractivity contribution in [2.24, 2.45) is 0 Å². The van der Waals surface area contributed by atoms with Crippen molar-refractivity contribution < 1.29 is 18.3 Å². The predicted molar refractivity (Wildman–Crippen MR) is 131 cm³/mol. The zero-order valence-electron chi connectivity index (χ0n) is 18.3. The highest BCUT2D eigenvalue weighted by Crippen LogP contribution is 2.26. The van der Waals surface area contributed by atoms with Gasteiger partial charge in [0.2, 0.25) is 0 Å². The summed E-state index contributed by atoms with van der Waals surface area (Å²) >= 11 is 3.28. The maximum absolute atomic E-state index is 13.9. The van der Waals surface area contributed by atoms with E-state index in [1.165, 1.54) is 10.6 Å². The summed E-state index contributed by atoms with van der Waals surface area (Å²) in [6.07, 6.45) is 0. The zero-order valence-corrected chi connectivity index (χ0v) is 20.7. The minimum absolute atomic E-state index is 0. The lowest BCUT2D eigenvalue weighted by Crippen LogP contribution is -2.46. The molecule has 0 bridgehead atoms. The first kappa shape index (κ1) is 25.9. The van der Waals surface area contributed by atoms with E-state index in [4.69, 9.17) is 4.74 Å². The number of amides is 1. The Hall–Kier alpha value is -2.75. The fourth-order valence-electron chi connectivity index (χ4n) is 3.73. The predicted octanol–water partition coefficient (Wildman–Crippen LogP) is 4.23. The van der Waals surface area contributed by atoms with Crippen LogP contribution in [-0.4, -0.2) is 41.6 Å². The Morgan fingerprint density at radius 2 is 1.85 bits per heavy atom. The molecule has 180 valence electrons. The van der Waals surface area contributed by atoms with Crippen molar-refractivity contribution in [2.45, 2.75) is 13.5 Å². The number of aromatic nitrogens is 1. The number of nitrogens with zero attached hydrogens (tertiary/aromatic N) is 2. The van der Waals surface area contributed by atoms with Gasteiger partial charge in [-0.25, -0.2) is 8.78 Å². The lowest BCUT2D eigenvalue weighted by molar-refractivity contribution is 0.0735. The molecule has 1 aliphatic heterocycles. The normalized spacial score (nSPS) is 13.4. The van der Waals surface area contributed by atoms with Gasteiger partial charge in [-0.15, -0.1) is 12.4 Å². The summed E-state index contributed by atoms with van der Waals surface area (Å²) < 4.78 is 34.3. The average Bonchev–Trinajstić information content (AvgIpc) is 2.82. The van der Waals surface area contributed by atoms with Gasteiger partial charge in [-0.3, -0.25) is 14.2 Å². The second-order valence-electron chi connectivity index (χ2n) is 7.72. The van der Waals surface area contributed by atoms with Crippen molar-refractivity contribution in [3.8, 4) is 11.4 Å². The highest BCUT2D eigenvalue weighted by Gasteiger charge is 2.20. The molecule has 1 aliphatic rings. The molecule has 0 saturated carbocycles. The first-order valence-corrected chi connectivity index (χ1v) is 11.2. The summed E-state index contributed by atoms with van der Waals surface area (Å²) in [4.78, 5) is 27.8. The summed E-state index contributed by atoms with van der Waals surface area (Å²) in [5.74, 6) is -1.23. The van der Waals surface area contributed by atoms with Crippen molar-refractivity contribution in [3.63, 3.8) is 0 Å². The van der Waals surface area contributed by atoms with Gasteiger partial charge < -0.3 is 15.0 Å². The van der Waals surface area contributed by atoms with Gasteiger partial charge in [0.1, 0.15) is 28.5 Å². The summed E-state index contributed by atoms with van der Waals surface area (Å²) in [5, 5.41) is 3.22. The molecule has 3 aromatic rings. The Morgan fingerprint density at radius 3 is 2.56 bits per heavy atom. The molecule has 34 heavy (non-hydrogen) atoms. The molecule has 4 rings (SSSR count). The average molecular weight is 555 g/mol. The van der Waals surface area contributed by atoms with Crippen LogP contribution in [0.2, 0.25) is 0 Å². The molecular weight excluding hydrogens is 532 g/mol. The summed E-state index contributed by atoms with van der Waals surface area (Å²) in [6.45, 7) is 4.34. The number of rotatable bonds is 5. The van der Waals surface area contributed by atoms with Crippen LogP contribution in [-0.2, 0) is 6.61 Å². The molecule has 0 unspecified atom stereocenters. The second-order valence-corrected chi connectivity index (χ2v) is 8.51. The molecule has 0 aliphatic carbocycles. The fraction of sp³-hybridized carbons (Fsp3) is 0.250. The van der Waals surface area contributed by atoms with Crippen LogP contribution in [0.1, 0.15) is 21.6 Å². The van der Waals surface area contributed by atoms with Crippen molar-refractivity contribution >= 4 is 34.2 Å². The van der Waals surface area contributed by atoms with E-state index in [0.29, 0.717) is 30.0 Å². The summed E-state index contributed by atoms with van der Waals surface area (Å²) in [7, 11) is 0. The summed E-state index contributed by atoms with van der Waals surface area (Å²) in [5.41, 5.74) is 1.42. The molecule has 2 aromatic carbocycles. The first-order chi connectivity index (χ1) is 15.8. The molecule has 1 N–H and O–H groups in total. The minimum atomic E-state index is -0.720. The largest absolute Gasteiger partial charge is 0.487 e. The standard InChI is InChI=1S/C24H22BrF2N3O3.ClH/c1-15-11-21(33-14-17-5-6-18(26)13-20(17)27)22(25)24(32)30(15)19-4-2-3-16(12-19)23(31)29-9-7-28-8-10-29;/h2-6,11-13,28H,7-10,14H2,1H3;1H. The number of benzene rings is 2. The molecular formula is C24H23BrClF2N3O3. The zero-order chi connectivity index (χ0) is 23.5. The Balaban J connectivity index is 0.00000324. The lowest BCUT2D eigenvalue weighted by atomic mass is 10.1. The molecule has 1 saturated heterocycles.